The van der Waals surface area contributed by atoms with Crippen molar-refractivity contribution in [3.05, 3.63) is 24.4 Å². The summed E-state index contributed by atoms with van der Waals surface area (Å²) in [6.07, 6.45) is 1.99. The van der Waals surface area contributed by atoms with Crippen molar-refractivity contribution < 1.29 is 9.47 Å². The van der Waals surface area contributed by atoms with Gasteiger partial charge in [-0.05, 0) is 19.1 Å². The van der Waals surface area contributed by atoms with Crippen molar-refractivity contribution >= 4 is 16.5 Å². The van der Waals surface area contributed by atoms with Gasteiger partial charge < -0.3 is 14.4 Å². The van der Waals surface area contributed by atoms with Gasteiger partial charge in [-0.2, -0.15) is 0 Å². The Kier molecular flexibility index (Phi) is 4.42. The number of pyridine rings is 1. The fourth-order valence-electron chi connectivity index (χ4n) is 2.42. The quantitative estimate of drug-likeness (QED) is 0.859. The van der Waals surface area contributed by atoms with Crippen molar-refractivity contribution in [3.8, 4) is 10.7 Å². The molecule has 0 spiro atoms. The minimum absolute atomic E-state index is 0.0703. The van der Waals surface area contributed by atoms with Gasteiger partial charge in [-0.3, -0.25) is 4.98 Å². The molecular formula is C14H18N4O2S. The standard InChI is InChI=1S/C14H18N4O2S/c1-10-7-18(8-11(20-10)9-19-2)14-17-16-13(21-14)12-5-3-4-6-15-12/h3-6,10-11H,7-9H2,1-2H3. The van der Waals surface area contributed by atoms with E-state index in [2.05, 4.69) is 27.0 Å². The Labute approximate surface area is 127 Å². The van der Waals surface area contributed by atoms with E-state index in [1.807, 2.05) is 18.2 Å². The summed E-state index contributed by atoms with van der Waals surface area (Å²) in [5.41, 5.74) is 0.857. The highest BCUT2D eigenvalue weighted by molar-refractivity contribution is 7.18. The summed E-state index contributed by atoms with van der Waals surface area (Å²) in [7, 11) is 1.69. The molecule has 0 aromatic carbocycles. The number of ether oxygens (including phenoxy) is 2. The van der Waals surface area contributed by atoms with Crippen LogP contribution in [0.4, 0.5) is 5.13 Å². The minimum atomic E-state index is 0.0703. The molecule has 2 aromatic rings. The monoisotopic (exact) mass is 306 g/mol. The SMILES string of the molecule is COCC1CN(c2nnc(-c3ccccn3)s2)CC(C)O1. The number of rotatable bonds is 4. The molecule has 1 saturated heterocycles. The van der Waals surface area contributed by atoms with Gasteiger partial charge in [0.2, 0.25) is 5.13 Å². The summed E-state index contributed by atoms with van der Waals surface area (Å²) in [6, 6.07) is 5.79. The van der Waals surface area contributed by atoms with E-state index in [0.717, 1.165) is 28.9 Å². The molecule has 0 aliphatic carbocycles. The second-order valence-electron chi connectivity index (χ2n) is 5.03. The Bertz CT molecular complexity index is 577. The molecule has 2 unspecified atom stereocenters. The first-order valence-corrected chi connectivity index (χ1v) is 7.72. The Morgan fingerprint density at radius 1 is 1.38 bits per heavy atom. The van der Waals surface area contributed by atoms with Crippen LogP contribution in [0.3, 0.4) is 0 Å². The molecule has 3 heterocycles. The Morgan fingerprint density at radius 2 is 2.29 bits per heavy atom. The van der Waals surface area contributed by atoms with Crippen molar-refractivity contribution in [2.24, 2.45) is 0 Å². The maximum Gasteiger partial charge on any atom is 0.208 e. The third-order valence-electron chi connectivity index (χ3n) is 3.25. The van der Waals surface area contributed by atoms with E-state index in [-0.39, 0.29) is 12.2 Å². The lowest BCUT2D eigenvalue weighted by Gasteiger charge is -2.36. The van der Waals surface area contributed by atoms with Gasteiger partial charge in [0.1, 0.15) is 5.69 Å². The molecule has 0 N–H and O–H groups in total. The largest absolute Gasteiger partial charge is 0.382 e. The topological polar surface area (TPSA) is 60.4 Å². The zero-order valence-electron chi connectivity index (χ0n) is 12.1. The van der Waals surface area contributed by atoms with Crippen LogP contribution < -0.4 is 4.90 Å². The van der Waals surface area contributed by atoms with Gasteiger partial charge in [0.15, 0.2) is 5.01 Å². The number of morpholine rings is 1. The van der Waals surface area contributed by atoms with Crippen LogP contribution >= 0.6 is 11.3 Å². The second kappa shape index (κ2) is 6.46. The van der Waals surface area contributed by atoms with Crippen LogP contribution in [-0.2, 0) is 9.47 Å². The number of methoxy groups -OCH3 is 1. The van der Waals surface area contributed by atoms with Crippen LogP contribution in [0.2, 0.25) is 0 Å². The van der Waals surface area contributed by atoms with Crippen LogP contribution in [-0.4, -0.2) is 54.2 Å². The van der Waals surface area contributed by atoms with E-state index in [4.69, 9.17) is 9.47 Å². The summed E-state index contributed by atoms with van der Waals surface area (Å²) >= 11 is 1.56. The van der Waals surface area contributed by atoms with Gasteiger partial charge in [-0.15, -0.1) is 10.2 Å². The molecular weight excluding hydrogens is 288 g/mol. The molecule has 0 amide bonds. The molecule has 6 nitrogen and oxygen atoms in total. The minimum Gasteiger partial charge on any atom is -0.382 e. The molecule has 1 aliphatic rings. The van der Waals surface area contributed by atoms with Crippen LogP contribution in [0.15, 0.2) is 24.4 Å². The lowest BCUT2D eigenvalue weighted by atomic mass is 10.2. The highest BCUT2D eigenvalue weighted by Crippen LogP contribution is 2.29. The maximum absolute atomic E-state index is 5.85. The third-order valence-corrected chi connectivity index (χ3v) is 4.25. The Hall–Kier alpha value is -1.57. The fourth-order valence-corrected chi connectivity index (χ4v) is 3.26. The first-order valence-electron chi connectivity index (χ1n) is 6.90. The third kappa shape index (κ3) is 3.37. The highest BCUT2D eigenvalue weighted by Gasteiger charge is 2.27. The lowest BCUT2D eigenvalue weighted by Crippen LogP contribution is -2.48. The van der Waals surface area contributed by atoms with E-state index in [1.54, 1.807) is 24.6 Å². The predicted molar refractivity (Wildman–Crippen MR) is 81.6 cm³/mol. The zero-order chi connectivity index (χ0) is 14.7. The number of hydrogen-bond donors (Lipinski definition) is 0. The molecule has 2 atom stereocenters. The molecule has 0 radical (unpaired) electrons. The van der Waals surface area contributed by atoms with Crippen molar-refractivity contribution in [2.75, 3.05) is 31.7 Å². The summed E-state index contributed by atoms with van der Waals surface area (Å²) in [6.45, 7) is 4.24. The summed E-state index contributed by atoms with van der Waals surface area (Å²) < 4.78 is 11.0. The van der Waals surface area contributed by atoms with Crippen molar-refractivity contribution in [3.63, 3.8) is 0 Å². The average molecular weight is 306 g/mol. The first-order chi connectivity index (χ1) is 10.3. The van der Waals surface area contributed by atoms with E-state index in [0.29, 0.717) is 6.61 Å². The van der Waals surface area contributed by atoms with E-state index in [9.17, 15) is 0 Å². The Morgan fingerprint density at radius 3 is 3.05 bits per heavy atom. The van der Waals surface area contributed by atoms with Gasteiger partial charge in [-0.1, -0.05) is 17.4 Å². The summed E-state index contributed by atoms with van der Waals surface area (Å²) in [5.74, 6) is 0. The van der Waals surface area contributed by atoms with E-state index >= 15 is 0 Å². The van der Waals surface area contributed by atoms with Gasteiger partial charge in [0.25, 0.3) is 0 Å². The highest BCUT2D eigenvalue weighted by atomic mass is 32.1. The summed E-state index contributed by atoms with van der Waals surface area (Å²) in [4.78, 5) is 6.52. The lowest BCUT2D eigenvalue weighted by molar-refractivity contribution is -0.0511. The van der Waals surface area contributed by atoms with Crippen LogP contribution in [0, 0.1) is 0 Å². The van der Waals surface area contributed by atoms with Crippen molar-refractivity contribution in [1.29, 1.82) is 0 Å². The normalized spacial score (nSPS) is 22.5. The van der Waals surface area contributed by atoms with Gasteiger partial charge in [0.05, 0.1) is 18.8 Å². The molecule has 2 aromatic heterocycles. The molecule has 0 bridgehead atoms. The van der Waals surface area contributed by atoms with Gasteiger partial charge in [0, 0.05) is 26.4 Å². The number of hydrogen-bond acceptors (Lipinski definition) is 7. The fraction of sp³-hybridized carbons (Fsp3) is 0.500. The van der Waals surface area contributed by atoms with Crippen LogP contribution in [0.25, 0.3) is 10.7 Å². The molecule has 112 valence electrons. The second-order valence-corrected chi connectivity index (χ2v) is 5.99. The summed E-state index contributed by atoms with van der Waals surface area (Å²) in [5, 5.41) is 10.3. The maximum atomic E-state index is 5.85. The number of anilines is 1. The number of aromatic nitrogens is 3. The molecule has 1 aliphatic heterocycles. The van der Waals surface area contributed by atoms with Crippen LogP contribution in [0.5, 0.6) is 0 Å². The zero-order valence-corrected chi connectivity index (χ0v) is 12.9. The number of nitrogens with zero attached hydrogens (tertiary/aromatic N) is 4. The van der Waals surface area contributed by atoms with Crippen LogP contribution in [0.1, 0.15) is 6.92 Å². The van der Waals surface area contributed by atoms with E-state index in [1.165, 1.54) is 0 Å². The molecule has 0 saturated carbocycles. The molecule has 21 heavy (non-hydrogen) atoms. The Balaban J connectivity index is 1.76. The van der Waals surface area contributed by atoms with E-state index < -0.39 is 0 Å². The van der Waals surface area contributed by atoms with Gasteiger partial charge in [-0.25, -0.2) is 0 Å². The van der Waals surface area contributed by atoms with Crippen molar-refractivity contribution in [1.82, 2.24) is 15.2 Å². The smallest absolute Gasteiger partial charge is 0.208 e. The van der Waals surface area contributed by atoms with Crippen molar-refractivity contribution in [2.45, 2.75) is 19.1 Å². The average Bonchev–Trinajstić information content (AvgIpc) is 2.98. The molecule has 3 rings (SSSR count). The van der Waals surface area contributed by atoms with Gasteiger partial charge >= 0.3 is 0 Å². The predicted octanol–water partition coefficient (Wildman–Crippen LogP) is 1.84. The first kappa shape index (κ1) is 14.4. The molecule has 7 heteroatoms. The molecule has 1 fully saturated rings.